The van der Waals surface area contributed by atoms with Gasteiger partial charge in [-0.15, -0.1) is 0 Å². The highest BCUT2D eigenvalue weighted by Crippen LogP contribution is 2.03. The van der Waals surface area contributed by atoms with Crippen LogP contribution in [0.1, 0.15) is 18.5 Å². The van der Waals surface area contributed by atoms with Crippen molar-refractivity contribution >= 4 is 29.7 Å². The molecule has 154 valence electrons. The lowest BCUT2D eigenvalue weighted by atomic mass is 10.1. The molecule has 8 N–H and O–H groups in total. The van der Waals surface area contributed by atoms with E-state index in [1.54, 1.807) is 0 Å². The molecule has 13 nitrogen and oxygen atoms in total. The van der Waals surface area contributed by atoms with Gasteiger partial charge in [-0.2, -0.15) is 0 Å². The van der Waals surface area contributed by atoms with E-state index in [2.05, 4.69) is 25.9 Å². The van der Waals surface area contributed by atoms with Crippen LogP contribution in [0, 0.1) is 0 Å². The van der Waals surface area contributed by atoms with Gasteiger partial charge in [-0.3, -0.25) is 19.2 Å². The minimum Gasteiger partial charge on any atom is -0.481 e. The highest BCUT2D eigenvalue weighted by Gasteiger charge is 2.27. The van der Waals surface area contributed by atoms with Crippen LogP contribution in [0.4, 0.5) is 0 Å². The fourth-order valence-electron chi connectivity index (χ4n) is 2.12. The molecule has 0 aliphatic rings. The molecule has 1 aromatic heterocycles. The van der Waals surface area contributed by atoms with E-state index in [9.17, 15) is 24.0 Å². The highest BCUT2D eigenvalue weighted by molar-refractivity contribution is 5.92. The first kappa shape index (κ1) is 22.6. The molecule has 0 aromatic carbocycles. The summed E-state index contributed by atoms with van der Waals surface area (Å²) < 4.78 is 0. The Bertz CT molecular complexity index is 706. The van der Waals surface area contributed by atoms with Crippen molar-refractivity contribution in [3.8, 4) is 0 Å². The normalized spacial score (nSPS) is 12.5. The third-order valence-corrected chi connectivity index (χ3v) is 3.52. The maximum absolute atomic E-state index is 12.5. The number of nitrogens with two attached hydrogens (primary N) is 1. The molecular formula is C15H22N6O7. The highest BCUT2D eigenvalue weighted by atomic mass is 16.4. The summed E-state index contributed by atoms with van der Waals surface area (Å²) in [6.45, 7) is -0.737. The number of rotatable bonds is 12. The lowest BCUT2D eigenvalue weighted by Gasteiger charge is -2.21. The van der Waals surface area contributed by atoms with Crippen molar-refractivity contribution in [1.82, 2.24) is 25.9 Å². The molecule has 13 heteroatoms. The maximum Gasteiger partial charge on any atom is 0.326 e. The van der Waals surface area contributed by atoms with Gasteiger partial charge in [0.25, 0.3) is 0 Å². The lowest BCUT2D eigenvalue weighted by molar-refractivity contribution is -0.143. The smallest absolute Gasteiger partial charge is 0.326 e. The Morgan fingerprint density at radius 1 is 1.11 bits per heavy atom. The van der Waals surface area contributed by atoms with Crippen LogP contribution in [0.25, 0.3) is 0 Å². The number of aromatic amines is 1. The second-order valence-corrected chi connectivity index (χ2v) is 5.71. The third kappa shape index (κ3) is 8.27. The fraction of sp³-hybridized carbons (Fsp3) is 0.467. The lowest BCUT2D eigenvalue weighted by Crippen LogP contribution is -2.54. The SMILES string of the molecule is NCC(=O)NCC(=O)NC(Cc1cnc[nH]1)C(=O)NC(CCC(=O)O)C(=O)O. The summed E-state index contributed by atoms with van der Waals surface area (Å²) in [5.41, 5.74) is 5.60. The molecule has 0 fully saturated rings. The maximum atomic E-state index is 12.5. The number of carboxylic acid groups (broad SMARTS) is 2. The molecule has 2 atom stereocenters. The third-order valence-electron chi connectivity index (χ3n) is 3.52. The van der Waals surface area contributed by atoms with Crippen LogP contribution in [0.3, 0.4) is 0 Å². The standard InChI is InChI=1S/C15H22N6O7/c16-4-11(22)18-6-12(23)20-10(3-8-5-17-7-19-8)14(26)21-9(15(27)28)1-2-13(24)25/h5,7,9-10H,1-4,6,16H2,(H,17,19)(H,18,22)(H,20,23)(H,21,26)(H,24,25)(H,27,28). The van der Waals surface area contributed by atoms with Gasteiger partial charge in [0.15, 0.2) is 0 Å². The number of H-pyrrole nitrogens is 1. The summed E-state index contributed by atoms with van der Waals surface area (Å²) in [4.78, 5) is 64.0. The van der Waals surface area contributed by atoms with Crippen molar-refractivity contribution in [1.29, 1.82) is 0 Å². The first-order valence-electron chi connectivity index (χ1n) is 8.21. The second kappa shape index (κ2) is 11.3. The number of amides is 3. The number of carboxylic acids is 2. The van der Waals surface area contributed by atoms with Gasteiger partial charge in [-0.25, -0.2) is 9.78 Å². The topological polar surface area (TPSA) is 217 Å². The number of aliphatic carboxylic acids is 2. The van der Waals surface area contributed by atoms with Crippen LogP contribution >= 0.6 is 0 Å². The molecule has 0 aliphatic heterocycles. The van der Waals surface area contributed by atoms with E-state index < -0.39 is 54.7 Å². The number of hydrogen-bond donors (Lipinski definition) is 7. The quantitative estimate of drug-likeness (QED) is 0.190. The molecule has 3 amide bonds. The van der Waals surface area contributed by atoms with E-state index in [0.717, 1.165) is 0 Å². The van der Waals surface area contributed by atoms with E-state index in [4.69, 9.17) is 15.9 Å². The minimum absolute atomic E-state index is 0.0340. The van der Waals surface area contributed by atoms with E-state index in [1.165, 1.54) is 12.5 Å². The number of nitrogens with one attached hydrogen (secondary N) is 4. The summed E-state index contributed by atoms with van der Waals surface area (Å²) in [6, 6.07) is -2.63. The van der Waals surface area contributed by atoms with Gasteiger partial charge in [-0.1, -0.05) is 0 Å². The van der Waals surface area contributed by atoms with Crippen molar-refractivity contribution in [2.24, 2.45) is 5.73 Å². The van der Waals surface area contributed by atoms with E-state index in [1.807, 2.05) is 0 Å². The number of nitrogens with zero attached hydrogens (tertiary/aromatic N) is 1. The van der Waals surface area contributed by atoms with Crippen LogP contribution in [-0.2, 0) is 30.4 Å². The van der Waals surface area contributed by atoms with Crippen molar-refractivity contribution in [2.45, 2.75) is 31.3 Å². The Hall–Kier alpha value is -3.48. The Morgan fingerprint density at radius 3 is 2.36 bits per heavy atom. The monoisotopic (exact) mass is 398 g/mol. The molecule has 0 saturated carbocycles. The number of carbonyl (C=O) groups is 5. The molecule has 28 heavy (non-hydrogen) atoms. The van der Waals surface area contributed by atoms with Crippen molar-refractivity contribution in [3.05, 3.63) is 18.2 Å². The average Bonchev–Trinajstić information content (AvgIpc) is 3.15. The van der Waals surface area contributed by atoms with Gasteiger partial charge in [0.1, 0.15) is 12.1 Å². The zero-order valence-electron chi connectivity index (χ0n) is 14.8. The molecule has 0 radical (unpaired) electrons. The van der Waals surface area contributed by atoms with E-state index in [0.29, 0.717) is 5.69 Å². The molecule has 0 bridgehead atoms. The summed E-state index contributed by atoms with van der Waals surface area (Å²) in [6.07, 6.45) is 1.96. The van der Waals surface area contributed by atoms with Crippen molar-refractivity contribution in [2.75, 3.05) is 13.1 Å². The number of carbonyl (C=O) groups excluding carboxylic acids is 3. The fourth-order valence-corrected chi connectivity index (χ4v) is 2.12. The Morgan fingerprint density at radius 2 is 1.82 bits per heavy atom. The molecule has 0 saturated heterocycles. The minimum atomic E-state index is -1.44. The second-order valence-electron chi connectivity index (χ2n) is 5.71. The van der Waals surface area contributed by atoms with Crippen LogP contribution in [0.2, 0.25) is 0 Å². The average molecular weight is 398 g/mol. The first-order chi connectivity index (χ1) is 13.2. The molecule has 1 heterocycles. The number of imidazole rings is 1. The predicted octanol–water partition coefficient (Wildman–Crippen LogP) is -3.05. The summed E-state index contributed by atoms with van der Waals surface area (Å²) in [7, 11) is 0. The first-order valence-corrected chi connectivity index (χ1v) is 8.21. The molecule has 1 aromatic rings. The van der Waals surface area contributed by atoms with Crippen molar-refractivity contribution < 1.29 is 34.2 Å². The van der Waals surface area contributed by atoms with Crippen LogP contribution in [-0.4, -0.2) is 75.0 Å². The Kier molecular flexibility index (Phi) is 9.09. The Labute approximate surface area is 159 Å². The predicted molar refractivity (Wildman–Crippen MR) is 92.7 cm³/mol. The molecule has 0 aliphatic carbocycles. The largest absolute Gasteiger partial charge is 0.481 e. The van der Waals surface area contributed by atoms with Crippen LogP contribution in [0.5, 0.6) is 0 Å². The van der Waals surface area contributed by atoms with Crippen molar-refractivity contribution in [3.63, 3.8) is 0 Å². The molecular weight excluding hydrogens is 376 g/mol. The zero-order chi connectivity index (χ0) is 21.1. The summed E-state index contributed by atoms with van der Waals surface area (Å²) >= 11 is 0. The number of hydrogen-bond acceptors (Lipinski definition) is 7. The van der Waals surface area contributed by atoms with Gasteiger partial charge in [0, 0.05) is 24.7 Å². The molecule has 1 rings (SSSR count). The van der Waals surface area contributed by atoms with Gasteiger partial charge in [-0.05, 0) is 6.42 Å². The summed E-state index contributed by atoms with van der Waals surface area (Å²) in [5, 5.41) is 24.7. The molecule has 2 unspecified atom stereocenters. The van der Waals surface area contributed by atoms with E-state index >= 15 is 0 Å². The van der Waals surface area contributed by atoms with Crippen LogP contribution < -0.4 is 21.7 Å². The van der Waals surface area contributed by atoms with Gasteiger partial charge in [0.2, 0.25) is 17.7 Å². The van der Waals surface area contributed by atoms with E-state index in [-0.39, 0.29) is 19.4 Å². The summed E-state index contributed by atoms with van der Waals surface area (Å²) in [5.74, 6) is -4.70. The van der Waals surface area contributed by atoms with Crippen LogP contribution in [0.15, 0.2) is 12.5 Å². The molecule has 0 spiro atoms. The number of aromatic nitrogens is 2. The van der Waals surface area contributed by atoms with Gasteiger partial charge < -0.3 is 36.9 Å². The van der Waals surface area contributed by atoms with Gasteiger partial charge >= 0.3 is 11.9 Å². The van der Waals surface area contributed by atoms with Gasteiger partial charge in [0.05, 0.1) is 19.4 Å². The Balaban J connectivity index is 2.79. The zero-order valence-corrected chi connectivity index (χ0v) is 14.8.